The standard InChI is InChI=1S/C27H27F3N2O2.C21H22BrF3N2O2.C6H7BO2/c1-25(2,22-14-19(9-10-24(22)34-3)18-7-5-4-6-8-18)17-26(33,27(28,29)30)15-21-13-20-11-12-31-16-23(20)32-21;1-19(2,16-9-14(22)4-5-18(16)29-3)12-20(28,21(23,24)25)10-15-8-13-6-7-26-11-17(13)27-15;8-7(9)6-4-2-1-3-5-6/h4-14,16,32-33H,15,17H2,1-3H3;4-9,11,27-28H,10,12H2,1-3H3;1-5,8-9H. The Labute approximate surface area is 422 Å². The molecule has 4 aromatic carbocycles. The lowest BCUT2D eigenvalue weighted by molar-refractivity contribution is -0.266. The fraction of sp³-hybridized carbons (Fsp3) is 0.296. The monoisotopic (exact) mass is 1060 g/mol. The van der Waals surface area contributed by atoms with E-state index in [0.29, 0.717) is 50.5 Å². The zero-order chi connectivity index (χ0) is 52.7. The number of rotatable bonds is 14. The number of aromatic nitrogens is 4. The van der Waals surface area contributed by atoms with E-state index in [2.05, 4.69) is 35.9 Å². The summed E-state index contributed by atoms with van der Waals surface area (Å²) in [6.07, 6.45) is -5.71. The van der Waals surface area contributed by atoms with E-state index in [9.17, 15) is 36.6 Å². The molecule has 4 aromatic heterocycles. The lowest BCUT2D eigenvalue weighted by Gasteiger charge is -2.38. The highest BCUT2D eigenvalue weighted by molar-refractivity contribution is 9.10. The maximum Gasteiger partial charge on any atom is 0.488 e. The fourth-order valence-corrected chi connectivity index (χ4v) is 9.31. The molecule has 380 valence electrons. The van der Waals surface area contributed by atoms with Crippen LogP contribution >= 0.6 is 15.9 Å². The van der Waals surface area contributed by atoms with Gasteiger partial charge in [0.05, 0.1) is 37.6 Å². The first-order chi connectivity index (χ1) is 33.8. The molecule has 10 nitrogen and oxygen atoms in total. The van der Waals surface area contributed by atoms with Gasteiger partial charge in [-0.25, -0.2) is 0 Å². The zero-order valence-electron chi connectivity index (χ0n) is 40.4. The number of methoxy groups -OCH3 is 2. The Morgan fingerprint density at radius 2 is 0.986 bits per heavy atom. The molecule has 0 saturated carbocycles. The van der Waals surface area contributed by atoms with Gasteiger partial charge in [-0.3, -0.25) is 9.97 Å². The van der Waals surface area contributed by atoms with Gasteiger partial charge in [0.1, 0.15) is 11.5 Å². The van der Waals surface area contributed by atoms with Crippen LogP contribution in [0.15, 0.2) is 151 Å². The Kier molecular flexibility index (Phi) is 17.1. The number of halogens is 7. The third-order valence-electron chi connectivity index (χ3n) is 12.5. The van der Waals surface area contributed by atoms with Crippen LogP contribution in [0.5, 0.6) is 11.5 Å². The Bertz CT molecular complexity index is 2980. The normalized spacial score (nSPS) is 13.8. The van der Waals surface area contributed by atoms with Gasteiger partial charge in [-0.2, -0.15) is 26.3 Å². The average molecular weight is 1060 g/mol. The third-order valence-corrected chi connectivity index (χ3v) is 13.0. The maximum atomic E-state index is 14.3. The lowest BCUT2D eigenvalue weighted by Crippen LogP contribution is -2.51. The molecule has 0 spiro atoms. The summed E-state index contributed by atoms with van der Waals surface area (Å²) in [5, 5.41) is 40.6. The maximum absolute atomic E-state index is 14.3. The van der Waals surface area contributed by atoms with Crippen LogP contribution in [0.2, 0.25) is 0 Å². The number of pyridine rings is 2. The number of hydrogen-bond donors (Lipinski definition) is 6. The summed E-state index contributed by atoms with van der Waals surface area (Å²) in [6.45, 7) is 6.74. The second-order valence-corrected chi connectivity index (χ2v) is 19.9. The predicted molar refractivity (Wildman–Crippen MR) is 272 cm³/mol. The van der Waals surface area contributed by atoms with E-state index in [4.69, 9.17) is 19.5 Å². The summed E-state index contributed by atoms with van der Waals surface area (Å²) in [6, 6.07) is 35.6. The van der Waals surface area contributed by atoms with Crippen LogP contribution in [0.25, 0.3) is 32.9 Å². The van der Waals surface area contributed by atoms with Crippen LogP contribution in [0.4, 0.5) is 26.3 Å². The van der Waals surface area contributed by atoms with Gasteiger partial charge in [-0.15, -0.1) is 0 Å². The smallest absolute Gasteiger partial charge is 0.488 e. The summed E-state index contributed by atoms with van der Waals surface area (Å²) in [4.78, 5) is 13.8. The highest BCUT2D eigenvalue weighted by atomic mass is 79.9. The van der Waals surface area contributed by atoms with Gasteiger partial charge in [0.25, 0.3) is 0 Å². The molecule has 0 aliphatic heterocycles. The highest BCUT2D eigenvalue weighted by Gasteiger charge is 2.57. The lowest BCUT2D eigenvalue weighted by atomic mass is 9.72. The largest absolute Gasteiger partial charge is 0.496 e. The van der Waals surface area contributed by atoms with Crippen molar-refractivity contribution < 1.29 is 56.1 Å². The van der Waals surface area contributed by atoms with Crippen LogP contribution in [-0.4, -0.2) is 85.1 Å². The quantitative estimate of drug-likeness (QED) is 0.0464. The van der Waals surface area contributed by atoms with E-state index in [1.165, 1.54) is 14.2 Å². The number of nitrogens with zero attached hydrogens (tertiary/aromatic N) is 2. The van der Waals surface area contributed by atoms with Crippen molar-refractivity contribution in [3.63, 3.8) is 0 Å². The number of fused-ring (bicyclic) bond motifs is 2. The second kappa shape index (κ2) is 22.3. The number of benzene rings is 4. The summed E-state index contributed by atoms with van der Waals surface area (Å²) in [5.74, 6) is 0.949. The van der Waals surface area contributed by atoms with Gasteiger partial charge < -0.3 is 39.7 Å². The van der Waals surface area contributed by atoms with Crippen molar-refractivity contribution in [3.8, 4) is 22.6 Å². The summed E-state index contributed by atoms with van der Waals surface area (Å²) in [7, 11) is 1.62. The minimum absolute atomic E-state index is 0.295. The Morgan fingerprint density at radius 3 is 1.39 bits per heavy atom. The molecule has 0 aliphatic rings. The molecule has 0 radical (unpaired) electrons. The highest BCUT2D eigenvalue weighted by Crippen LogP contribution is 2.47. The number of alkyl halides is 6. The van der Waals surface area contributed by atoms with E-state index in [1.807, 2.05) is 48.5 Å². The first-order valence-corrected chi connectivity index (χ1v) is 23.5. The first kappa shape index (κ1) is 55.1. The molecule has 0 saturated heterocycles. The molecule has 6 N–H and O–H groups in total. The summed E-state index contributed by atoms with van der Waals surface area (Å²) >= 11 is 3.36. The van der Waals surface area contributed by atoms with Gasteiger partial charge in [0.15, 0.2) is 11.2 Å². The minimum atomic E-state index is -4.84. The Balaban J connectivity index is 0.000000202. The van der Waals surface area contributed by atoms with Crippen molar-refractivity contribution in [1.29, 1.82) is 0 Å². The number of H-pyrrole nitrogens is 2. The Hall–Kier alpha value is -6.18. The van der Waals surface area contributed by atoms with Crippen molar-refractivity contribution in [2.24, 2.45) is 0 Å². The van der Waals surface area contributed by atoms with Crippen LogP contribution in [-0.2, 0) is 23.7 Å². The second-order valence-electron chi connectivity index (χ2n) is 19.0. The van der Waals surface area contributed by atoms with Crippen molar-refractivity contribution >= 4 is 50.3 Å². The molecule has 8 aromatic rings. The SMILES string of the molecule is COc1ccc(-c2ccccc2)cc1C(C)(C)CC(O)(Cc1cc2ccncc2[nH]1)C(F)(F)F.COc1ccc(Br)cc1C(C)(C)CC(O)(Cc1cc2ccncc2[nH]1)C(F)(F)F.OB(O)c1ccccc1. The molecule has 72 heavy (non-hydrogen) atoms. The van der Waals surface area contributed by atoms with Crippen LogP contribution < -0.4 is 14.9 Å². The number of aliphatic hydroxyl groups is 2. The topological polar surface area (TPSA) is 157 Å². The van der Waals surface area contributed by atoms with Crippen LogP contribution in [0.1, 0.15) is 63.1 Å². The van der Waals surface area contributed by atoms with E-state index >= 15 is 0 Å². The van der Waals surface area contributed by atoms with E-state index in [0.717, 1.165) is 26.4 Å². The molecule has 0 bridgehead atoms. The van der Waals surface area contributed by atoms with E-state index in [-0.39, 0.29) is 0 Å². The summed E-state index contributed by atoms with van der Waals surface area (Å²) in [5.41, 5.74) is -2.62. The third kappa shape index (κ3) is 13.3. The fourth-order valence-electron chi connectivity index (χ4n) is 8.95. The molecule has 2 unspecified atom stereocenters. The molecule has 0 aliphatic carbocycles. The molecule has 2 atom stereocenters. The number of aromatic amines is 2. The van der Waals surface area contributed by atoms with Crippen molar-refractivity contribution in [3.05, 3.63) is 173 Å². The Morgan fingerprint density at radius 1 is 0.556 bits per heavy atom. The first-order valence-electron chi connectivity index (χ1n) is 22.7. The van der Waals surface area contributed by atoms with Gasteiger partial charge >= 0.3 is 19.5 Å². The van der Waals surface area contributed by atoms with Gasteiger partial charge in [-0.05, 0) is 94.9 Å². The van der Waals surface area contributed by atoms with Gasteiger partial charge in [0.2, 0.25) is 0 Å². The predicted octanol–water partition coefficient (Wildman–Crippen LogP) is 11.3. The number of ether oxygens (including phenoxy) is 2. The molecular formula is C54H56BBrF6N4O6. The van der Waals surface area contributed by atoms with Crippen molar-refractivity contribution in [2.45, 2.75) is 87.8 Å². The minimum Gasteiger partial charge on any atom is -0.496 e. The molecule has 18 heteroatoms. The van der Waals surface area contributed by atoms with E-state index in [1.54, 1.807) is 125 Å². The average Bonchev–Trinajstić information content (AvgIpc) is 3.94. The molecule has 0 amide bonds. The number of nitrogens with one attached hydrogen (secondary N) is 2. The van der Waals surface area contributed by atoms with Crippen LogP contribution in [0.3, 0.4) is 0 Å². The van der Waals surface area contributed by atoms with Gasteiger partial charge in [0, 0.05) is 63.0 Å². The van der Waals surface area contributed by atoms with Crippen LogP contribution in [0, 0.1) is 0 Å². The van der Waals surface area contributed by atoms with Crippen molar-refractivity contribution in [1.82, 2.24) is 19.9 Å². The molecular weight excluding hydrogens is 1010 g/mol. The van der Waals surface area contributed by atoms with Crippen molar-refractivity contribution in [2.75, 3.05) is 14.2 Å². The van der Waals surface area contributed by atoms with Gasteiger partial charge in [-0.1, -0.05) is 110 Å². The zero-order valence-corrected chi connectivity index (χ0v) is 42.0. The molecule has 8 rings (SSSR count). The number of hydrogen-bond acceptors (Lipinski definition) is 8. The molecule has 4 heterocycles. The summed E-state index contributed by atoms with van der Waals surface area (Å²) < 4.78 is 96.6. The molecule has 0 fully saturated rings. The van der Waals surface area contributed by atoms with E-state index < -0.39 is 67.2 Å².